The normalized spacial score (nSPS) is 22.0. The molecule has 1 aromatic carbocycles. The van der Waals surface area contributed by atoms with Crippen LogP contribution >= 0.6 is 0 Å². The Bertz CT molecular complexity index is 539. The molecular formula is C14H17N3O3. The van der Waals surface area contributed by atoms with E-state index in [4.69, 9.17) is 5.26 Å². The van der Waals surface area contributed by atoms with Crippen LogP contribution in [0.1, 0.15) is 31.2 Å². The summed E-state index contributed by atoms with van der Waals surface area (Å²) in [5.41, 5.74) is 0.741. The lowest BCUT2D eigenvalue weighted by Gasteiger charge is -2.28. The lowest BCUT2D eigenvalue weighted by atomic mass is 9.86. The quantitative estimate of drug-likeness (QED) is 0.649. The Kier molecular flexibility index (Phi) is 4.53. The van der Waals surface area contributed by atoms with E-state index >= 15 is 0 Å². The molecule has 2 N–H and O–H groups in total. The van der Waals surface area contributed by atoms with Gasteiger partial charge >= 0.3 is 0 Å². The van der Waals surface area contributed by atoms with E-state index in [9.17, 15) is 15.2 Å². The van der Waals surface area contributed by atoms with Crippen molar-refractivity contribution in [1.82, 2.24) is 0 Å². The Labute approximate surface area is 117 Å². The fourth-order valence-corrected chi connectivity index (χ4v) is 2.56. The molecule has 1 aromatic rings. The third-order valence-corrected chi connectivity index (χ3v) is 3.76. The first-order valence-electron chi connectivity index (χ1n) is 6.72. The third-order valence-electron chi connectivity index (χ3n) is 3.76. The second kappa shape index (κ2) is 6.35. The van der Waals surface area contributed by atoms with Crippen LogP contribution in [0.5, 0.6) is 0 Å². The summed E-state index contributed by atoms with van der Waals surface area (Å²) in [5, 5.41) is 32.7. The smallest absolute Gasteiger partial charge is 0.270 e. The van der Waals surface area contributed by atoms with Crippen molar-refractivity contribution in [2.24, 2.45) is 5.92 Å². The summed E-state index contributed by atoms with van der Waals surface area (Å²) in [4.78, 5) is 10.2. The number of hydrogen-bond acceptors (Lipinski definition) is 5. The van der Waals surface area contributed by atoms with Crippen LogP contribution in [0.15, 0.2) is 18.2 Å². The maximum absolute atomic E-state index is 10.7. The van der Waals surface area contributed by atoms with Crippen molar-refractivity contribution in [3.8, 4) is 6.07 Å². The predicted octanol–water partition coefficient (Wildman–Crippen LogP) is 2.43. The van der Waals surface area contributed by atoms with Crippen LogP contribution < -0.4 is 5.32 Å². The van der Waals surface area contributed by atoms with Gasteiger partial charge in [-0.05, 0) is 18.9 Å². The maximum atomic E-state index is 10.7. The van der Waals surface area contributed by atoms with E-state index in [2.05, 4.69) is 5.32 Å². The van der Waals surface area contributed by atoms with E-state index in [0.717, 1.165) is 25.7 Å². The Balaban J connectivity index is 2.05. The monoisotopic (exact) mass is 275 g/mol. The second-order valence-corrected chi connectivity index (χ2v) is 5.09. The molecule has 2 unspecified atom stereocenters. The van der Waals surface area contributed by atoms with E-state index < -0.39 is 4.92 Å². The molecule has 1 aliphatic rings. The molecule has 2 rings (SSSR count). The van der Waals surface area contributed by atoms with Gasteiger partial charge in [-0.15, -0.1) is 0 Å². The highest BCUT2D eigenvalue weighted by Gasteiger charge is 2.23. The minimum absolute atomic E-state index is 0.0928. The third kappa shape index (κ3) is 3.25. The Hall–Kier alpha value is -2.13. The van der Waals surface area contributed by atoms with Crippen molar-refractivity contribution in [1.29, 1.82) is 5.26 Å². The number of nitrogens with zero attached hydrogens (tertiary/aromatic N) is 2. The van der Waals surface area contributed by atoms with E-state index in [-0.39, 0.29) is 23.3 Å². The van der Waals surface area contributed by atoms with Gasteiger partial charge < -0.3 is 10.4 Å². The van der Waals surface area contributed by atoms with Crippen LogP contribution in [0, 0.1) is 27.4 Å². The number of non-ortho nitro benzene ring substituents is 1. The number of hydrogen-bond donors (Lipinski definition) is 2. The van der Waals surface area contributed by atoms with Gasteiger partial charge in [-0.25, -0.2) is 0 Å². The first kappa shape index (κ1) is 14.3. The van der Waals surface area contributed by atoms with Crippen molar-refractivity contribution in [3.63, 3.8) is 0 Å². The summed E-state index contributed by atoms with van der Waals surface area (Å²) in [5.74, 6) is 0.172. The van der Waals surface area contributed by atoms with Crippen LogP contribution in [0.2, 0.25) is 0 Å². The average Bonchev–Trinajstić information content (AvgIpc) is 2.46. The zero-order valence-electron chi connectivity index (χ0n) is 11.1. The van der Waals surface area contributed by atoms with Gasteiger partial charge in [0.1, 0.15) is 6.07 Å². The van der Waals surface area contributed by atoms with Crippen molar-refractivity contribution in [3.05, 3.63) is 33.9 Å². The van der Waals surface area contributed by atoms with Gasteiger partial charge in [-0.2, -0.15) is 5.26 Å². The Morgan fingerprint density at radius 3 is 2.85 bits per heavy atom. The summed E-state index contributed by atoms with van der Waals surface area (Å²) in [6.07, 6.45) is 3.63. The molecule has 0 bridgehead atoms. The molecule has 0 amide bonds. The molecule has 0 radical (unpaired) electrons. The lowest BCUT2D eigenvalue weighted by molar-refractivity contribution is -0.384. The van der Waals surface area contributed by atoms with Crippen molar-refractivity contribution < 1.29 is 10.0 Å². The minimum Gasteiger partial charge on any atom is -0.393 e. The molecule has 1 aliphatic carbocycles. The van der Waals surface area contributed by atoms with Crippen molar-refractivity contribution in [2.75, 3.05) is 11.9 Å². The summed E-state index contributed by atoms with van der Waals surface area (Å²) in [6, 6.07) is 6.15. The summed E-state index contributed by atoms with van der Waals surface area (Å²) in [7, 11) is 0. The summed E-state index contributed by atoms with van der Waals surface area (Å²) in [6.45, 7) is 0.577. The van der Waals surface area contributed by atoms with Gasteiger partial charge in [0.2, 0.25) is 0 Å². The number of nitriles is 1. The highest BCUT2D eigenvalue weighted by atomic mass is 16.6. The number of benzene rings is 1. The van der Waals surface area contributed by atoms with Gasteiger partial charge in [0, 0.05) is 24.6 Å². The number of nitrogens with one attached hydrogen (secondary N) is 1. The van der Waals surface area contributed by atoms with Gasteiger partial charge in [-0.3, -0.25) is 10.1 Å². The molecule has 20 heavy (non-hydrogen) atoms. The van der Waals surface area contributed by atoms with E-state index in [1.54, 1.807) is 6.07 Å². The summed E-state index contributed by atoms with van der Waals surface area (Å²) < 4.78 is 0. The van der Waals surface area contributed by atoms with Crippen LogP contribution in [0.4, 0.5) is 11.4 Å². The highest BCUT2D eigenvalue weighted by molar-refractivity contribution is 5.61. The van der Waals surface area contributed by atoms with Crippen LogP contribution in [-0.2, 0) is 0 Å². The fraction of sp³-hybridized carbons (Fsp3) is 0.500. The molecule has 6 nitrogen and oxygen atoms in total. The van der Waals surface area contributed by atoms with Crippen LogP contribution in [0.25, 0.3) is 0 Å². The van der Waals surface area contributed by atoms with Crippen LogP contribution in [-0.4, -0.2) is 22.7 Å². The first-order chi connectivity index (χ1) is 9.61. The van der Waals surface area contributed by atoms with Crippen LogP contribution in [0.3, 0.4) is 0 Å². The number of nitro benzene ring substituents is 1. The molecule has 0 spiro atoms. The lowest BCUT2D eigenvalue weighted by Crippen LogP contribution is -2.30. The Morgan fingerprint density at radius 1 is 1.45 bits per heavy atom. The van der Waals surface area contributed by atoms with Gasteiger partial charge in [-0.1, -0.05) is 12.8 Å². The van der Waals surface area contributed by atoms with E-state index in [1.165, 1.54) is 12.1 Å². The number of nitro groups is 1. The molecule has 1 fully saturated rings. The molecule has 0 aliphatic heterocycles. The second-order valence-electron chi connectivity index (χ2n) is 5.09. The molecule has 6 heteroatoms. The molecular weight excluding hydrogens is 258 g/mol. The number of aliphatic hydroxyl groups excluding tert-OH is 1. The zero-order chi connectivity index (χ0) is 14.5. The number of rotatable bonds is 4. The average molecular weight is 275 g/mol. The topological polar surface area (TPSA) is 99.2 Å². The molecule has 1 saturated carbocycles. The molecule has 0 heterocycles. The highest BCUT2D eigenvalue weighted by Crippen LogP contribution is 2.26. The van der Waals surface area contributed by atoms with Gasteiger partial charge in [0.05, 0.1) is 22.3 Å². The molecule has 2 atom stereocenters. The number of aliphatic hydroxyl groups is 1. The SMILES string of the molecule is N#Cc1cc([N+](=O)[O-])ccc1NCC1CCCCC1O. The molecule has 0 aromatic heterocycles. The maximum Gasteiger partial charge on any atom is 0.270 e. The molecule has 106 valence electrons. The van der Waals surface area contributed by atoms with Crippen molar-refractivity contribution in [2.45, 2.75) is 31.8 Å². The number of anilines is 1. The fourth-order valence-electron chi connectivity index (χ4n) is 2.56. The minimum atomic E-state index is -0.518. The molecule has 0 saturated heterocycles. The Morgan fingerprint density at radius 2 is 2.20 bits per heavy atom. The standard InChI is InChI=1S/C14H17N3O3/c15-8-11-7-12(17(19)20)5-6-13(11)16-9-10-3-1-2-4-14(10)18/h5-7,10,14,16,18H,1-4,9H2. The predicted molar refractivity (Wildman–Crippen MR) is 74.3 cm³/mol. The van der Waals surface area contributed by atoms with Gasteiger partial charge in [0.25, 0.3) is 5.69 Å². The van der Waals surface area contributed by atoms with E-state index in [1.807, 2.05) is 6.07 Å². The summed E-state index contributed by atoms with van der Waals surface area (Å²) >= 11 is 0. The zero-order valence-corrected chi connectivity index (χ0v) is 11.1. The van der Waals surface area contributed by atoms with Crippen molar-refractivity contribution >= 4 is 11.4 Å². The largest absolute Gasteiger partial charge is 0.393 e. The first-order valence-corrected chi connectivity index (χ1v) is 6.72. The van der Waals surface area contributed by atoms with E-state index in [0.29, 0.717) is 12.2 Å². The van der Waals surface area contributed by atoms with Gasteiger partial charge in [0.15, 0.2) is 0 Å².